The summed E-state index contributed by atoms with van der Waals surface area (Å²) in [6.45, 7) is 7.33. The quantitative estimate of drug-likeness (QED) is 0.773. The summed E-state index contributed by atoms with van der Waals surface area (Å²) >= 11 is 1.78. The summed E-state index contributed by atoms with van der Waals surface area (Å²) in [6.07, 6.45) is 2.05. The van der Waals surface area contributed by atoms with Crippen molar-refractivity contribution >= 4 is 17.4 Å². The molecule has 0 saturated carbocycles. The number of rotatable bonds is 1. The van der Waals surface area contributed by atoms with E-state index >= 15 is 0 Å². The number of hydrogen-bond donors (Lipinski definition) is 0. The minimum absolute atomic E-state index is 0.177. The fraction of sp³-hybridized carbons (Fsp3) is 0.643. The maximum atomic E-state index is 12.0. The maximum absolute atomic E-state index is 12.0. The molecular formula is C14H21NO2S. The normalized spacial score (nSPS) is 20.8. The van der Waals surface area contributed by atoms with Crippen LogP contribution in [-0.4, -0.2) is 29.7 Å². The molecule has 0 radical (unpaired) electrons. The molecule has 18 heavy (non-hydrogen) atoms. The summed E-state index contributed by atoms with van der Waals surface area (Å²) in [4.78, 5) is 15.3. The van der Waals surface area contributed by atoms with Gasteiger partial charge in [0.15, 0.2) is 0 Å². The van der Waals surface area contributed by atoms with Crippen LogP contribution in [0.5, 0.6) is 0 Å². The van der Waals surface area contributed by atoms with Gasteiger partial charge in [-0.2, -0.15) is 0 Å². The van der Waals surface area contributed by atoms with Crippen molar-refractivity contribution in [2.45, 2.75) is 45.1 Å². The van der Waals surface area contributed by atoms with Crippen LogP contribution in [0.15, 0.2) is 17.5 Å². The maximum Gasteiger partial charge on any atom is 0.410 e. The second-order valence-corrected chi connectivity index (χ2v) is 6.76. The lowest BCUT2D eigenvalue weighted by Gasteiger charge is -2.33. The van der Waals surface area contributed by atoms with Gasteiger partial charge in [-0.25, -0.2) is 4.79 Å². The average Bonchev–Trinajstić information content (AvgIpc) is 2.80. The third-order valence-corrected chi connectivity index (χ3v) is 4.05. The van der Waals surface area contributed by atoms with Crippen LogP contribution in [0, 0.1) is 0 Å². The van der Waals surface area contributed by atoms with Crippen molar-refractivity contribution in [1.82, 2.24) is 4.90 Å². The fourth-order valence-corrected chi connectivity index (χ4v) is 3.08. The van der Waals surface area contributed by atoms with Crippen LogP contribution in [0.2, 0.25) is 0 Å². The Morgan fingerprint density at radius 3 is 2.89 bits per heavy atom. The third kappa shape index (κ3) is 3.48. The minimum atomic E-state index is -0.410. The zero-order chi connectivity index (χ0) is 13.2. The zero-order valence-electron chi connectivity index (χ0n) is 11.3. The Kier molecular flexibility index (Phi) is 3.95. The summed E-state index contributed by atoms with van der Waals surface area (Å²) in [7, 11) is 0. The fourth-order valence-electron chi connectivity index (χ4n) is 2.23. The molecule has 1 aliphatic heterocycles. The summed E-state index contributed by atoms with van der Waals surface area (Å²) < 4.78 is 5.43. The number of thiophene rings is 1. The molecular weight excluding hydrogens is 246 g/mol. The number of carbonyl (C=O) groups excluding carboxylic acids is 1. The first kappa shape index (κ1) is 13.4. The van der Waals surface area contributed by atoms with Gasteiger partial charge in [0.25, 0.3) is 0 Å². The lowest BCUT2D eigenvalue weighted by atomic mass is 9.97. The smallest absolute Gasteiger partial charge is 0.410 e. The Balaban J connectivity index is 1.96. The van der Waals surface area contributed by atoms with Gasteiger partial charge in [0.2, 0.25) is 0 Å². The number of amides is 1. The van der Waals surface area contributed by atoms with Gasteiger partial charge in [-0.05, 0) is 45.1 Å². The van der Waals surface area contributed by atoms with Gasteiger partial charge in [-0.1, -0.05) is 6.07 Å². The van der Waals surface area contributed by atoms with Crippen molar-refractivity contribution in [2.24, 2.45) is 0 Å². The Labute approximate surface area is 113 Å². The van der Waals surface area contributed by atoms with Crippen LogP contribution in [0.3, 0.4) is 0 Å². The minimum Gasteiger partial charge on any atom is -0.444 e. The molecule has 1 aromatic rings. The largest absolute Gasteiger partial charge is 0.444 e. The molecule has 0 bridgehead atoms. The van der Waals surface area contributed by atoms with Crippen LogP contribution in [0.4, 0.5) is 4.79 Å². The molecule has 1 aliphatic rings. The van der Waals surface area contributed by atoms with Crippen molar-refractivity contribution in [2.75, 3.05) is 13.1 Å². The van der Waals surface area contributed by atoms with E-state index in [2.05, 4.69) is 17.5 Å². The second-order valence-electron chi connectivity index (χ2n) is 5.78. The second kappa shape index (κ2) is 5.31. The number of nitrogens with zero attached hydrogens (tertiary/aromatic N) is 1. The first-order valence-corrected chi connectivity index (χ1v) is 7.35. The molecule has 2 heterocycles. The Hall–Kier alpha value is -1.03. The molecule has 1 aromatic heterocycles. The van der Waals surface area contributed by atoms with Crippen LogP contribution < -0.4 is 0 Å². The van der Waals surface area contributed by atoms with E-state index in [4.69, 9.17) is 4.74 Å². The average molecular weight is 267 g/mol. The summed E-state index contributed by atoms with van der Waals surface area (Å²) in [5, 5.41) is 2.10. The van der Waals surface area contributed by atoms with Crippen molar-refractivity contribution in [3.05, 3.63) is 22.4 Å². The molecule has 4 heteroatoms. The van der Waals surface area contributed by atoms with Crippen LogP contribution in [0.1, 0.15) is 44.4 Å². The molecule has 1 amide bonds. The summed E-state index contributed by atoms with van der Waals surface area (Å²) in [5.74, 6) is 0.478. The molecule has 0 spiro atoms. The van der Waals surface area contributed by atoms with E-state index in [1.807, 2.05) is 25.7 Å². The van der Waals surface area contributed by atoms with Gasteiger partial charge in [0, 0.05) is 23.9 Å². The topological polar surface area (TPSA) is 29.5 Å². The van der Waals surface area contributed by atoms with Crippen LogP contribution >= 0.6 is 11.3 Å². The van der Waals surface area contributed by atoms with Crippen molar-refractivity contribution in [1.29, 1.82) is 0 Å². The highest BCUT2D eigenvalue weighted by Crippen LogP contribution is 2.30. The van der Waals surface area contributed by atoms with E-state index in [-0.39, 0.29) is 6.09 Å². The number of hydrogen-bond acceptors (Lipinski definition) is 3. The molecule has 1 atom stereocenters. The monoisotopic (exact) mass is 267 g/mol. The van der Waals surface area contributed by atoms with Gasteiger partial charge in [-0.15, -0.1) is 11.3 Å². The van der Waals surface area contributed by atoms with E-state index in [1.165, 1.54) is 11.3 Å². The molecule has 2 rings (SSSR count). The molecule has 1 unspecified atom stereocenters. The number of ether oxygens (including phenoxy) is 1. The highest BCUT2D eigenvalue weighted by Gasteiger charge is 2.28. The Bertz CT molecular complexity index is 394. The van der Waals surface area contributed by atoms with Crippen molar-refractivity contribution in [3.63, 3.8) is 0 Å². The standard InChI is InChI=1S/C14H21NO2S/c1-14(2,3)17-13(16)15-8-4-6-11(10-15)12-7-5-9-18-12/h5,7,9,11H,4,6,8,10H2,1-3H3. The van der Waals surface area contributed by atoms with Gasteiger partial charge in [-0.3, -0.25) is 0 Å². The van der Waals surface area contributed by atoms with Gasteiger partial charge < -0.3 is 9.64 Å². The van der Waals surface area contributed by atoms with E-state index in [9.17, 15) is 4.79 Å². The highest BCUT2D eigenvalue weighted by atomic mass is 32.1. The zero-order valence-corrected chi connectivity index (χ0v) is 12.1. The molecule has 1 saturated heterocycles. The number of likely N-dealkylation sites (tertiary alicyclic amines) is 1. The number of carbonyl (C=O) groups is 1. The predicted octanol–water partition coefficient (Wildman–Crippen LogP) is 3.86. The van der Waals surface area contributed by atoms with Crippen LogP contribution in [0.25, 0.3) is 0 Å². The third-order valence-electron chi connectivity index (χ3n) is 3.02. The lowest BCUT2D eigenvalue weighted by molar-refractivity contribution is 0.0199. The molecule has 1 fully saturated rings. The molecule has 3 nitrogen and oxygen atoms in total. The molecule has 0 aliphatic carbocycles. The van der Waals surface area contributed by atoms with Gasteiger partial charge in [0.1, 0.15) is 5.60 Å². The van der Waals surface area contributed by atoms with Gasteiger partial charge in [0.05, 0.1) is 0 Å². The summed E-state index contributed by atoms with van der Waals surface area (Å²) in [6, 6.07) is 4.24. The SMILES string of the molecule is CC(C)(C)OC(=O)N1CCCC(c2cccs2)C1. The van der Waals surface area contributed by atoms with Crippen molar-refractivity contribution < 1.29 is 9.53 Å². The first-order valence-electron chi connectivity index (χ1n) is 6.47. The van der Waals surface area contributed by atoms with Crippen molar-refractivity contribution in [3.8, 4) is 0 Å². The van der Waals surface area contributed by atoms with E-state index in [0.717, 1.165) is 19.5 Å². The van der Waals surface area contributed by atoms with E-state index in [0.29, 0.717) is 5.92 Å². The summed E-state index contributed by atoms with van der Waals surface area (Å²) in [5.41, 5.74) is -0.410. The Morgan fingerprint density at radius 2 is 2.28 bits per heavy atom. The number of piperidine rings is 1. The van der Waals surface area contributed by atoms with Crippen LogP contribution in [-0.2, 0) is 4.74 Å². The van der Waals surface area contributed by atoms with Gasteiger partial charge >= 0.3 is 6.09 Å². The first-order chi connectivity index (χ1) is 8.46. The molecule has 0 N–H and O–H groups in total. The molecule has 100 valence electrons. The van der Waals surface area contributed by atoms with E-state index in [1.54, 1.807) is 11.3 Å². The highest BCUT2D eigenvalue weighted by molar-refractivity contribution is 7.10. The van der Waals surface area contributed by atoms with E-state index < -0.39 is 5.60 Å². The Morgan fingerprint density at radius 1 is 1.50 bits per heavy atom. The predicted molar refractivity (Wildman–Crippen MR) is 74.1 cm³/mol. The lowest BCUT2D eigenvalue weighted by Crippen LogP contribution is -2.42. The molecule has 0 aromatic carbocycles.